The van der Waals surface area contributed by atoms with Gasteiger partial charge in [0.15, 0.2) is 11.6 Å². The first kappa shape index (κ1) is 18.8. The maximum Gasteiger partial charge on any atom is 0.570 e. The van der Waals surface area contributed by atoms with Crippen LogP contribution in [0.1, 0.15) is 42.6 Å². The molecule has 1 amide bonds. The summed E-state index contributed by atoms with van der Waals surface area (Å²) in [6.07, 6.45) is 0.539. The van der Waals surface area contributed by atoms with E-state index in [1.54, 1.807) is 13.8 Å². The number of nitroso groups, excluding NO2 is 1. The van der Waals surface area contributed by atoms with E-state index in [0.717, 1.165) is 0 Å². The number of benzene rings is 1. The van der Waals surface area contributed by atoms with Gasteiger partial charge in [-0.15, -0.1) is 0 Å². The lowest BCUT2D eigenvalue weighted by atomic mass is 9.68. The number of carbonyl (C=O) groups is 2. The van der Waals surface area contributed by atoms with Crippen molar-refractivity contribution >= 4 is 18.9 Å². The Hall–Kier alpha value is -2.52. The Morgan fingerprint density at radius 1 is 1.44 bits per heavy atom. The summed E-state index contributed by atoms with van der Waals surface area (Å²) in [7, 11) is -1.37. The van der Waals surface area contributed by atoms with Crippen LogP contribution < -0.4 is 9.97 Å². The average Bonchev–Trinajstić information content (AvgIpc) is 2.58. The first-order chi connectivity index (χ1) is 11.9. The Balaban J connectivity index is 2.42. The molecule has 0 fully saturated rings. The van der Waals surface area contributed by atoms with E-state index in [0.29, 0.717) is 12.5 Å². The fourth-order valence-electron chi connectivity index (χ4n) is 2.59. The van der Waals surface area contributed by atoms with E-state index in [1.807, 2.05) is 0 Å². The maximum absolute atomic E-state index is 14.2. The molecule has 1 aromatic rings. The molecule has 1 heterocycles. The lowest BCUT2D eigenvalue weighted by molar-refractivity contribution is -0.121. The molecule has 10 heteroatoms. The number of esters is 1. The number of ether oxygens (including phenoxy) is 1. The number of nitrogens with zero attached hydrogens (tertiary/aromatic N) is 1. The van der Waals surface area contributed by atoms with Crippen molar-refractivity contribution in [2.24, 2.45) is 5.09 Å². The van der Waals surface area contributed by atoms with Crippen LogP contribution in [0.2, 0.25) is 0 Å². The van der Waals surface area contributed by atoms with Crippen LogP contribution in [0.4, 0.5) is 8.78 Å². The van der Waals surface area contributed by atoms with Crippen molar-refractivity contribution in [2.45, 2.75) is 39.1 Å². The summed E-state index contributed by atoms with van der Waals surface area (Å²) in [5.74, 6) is -4.98. The van der Waals surface area contributed by atoms with Crippen LogP contribution >= 0.6 is 0 Å². The van der Waals surface area contributed by atoms with Crippen molar-refractivity contribution in [3.8, 4) is 5.75 Å². The Labute approximate surface area is 143 Å². The molecule has 7 nitrogen and oxygen atoms in total. The monoisotopic (exact) mass is 354 g/mol. The van der Waals surface area contributed by atoms with Crippen LogP contribution in [0.25, 0.3) is 0 Å². The van der Waals surface area contributed by atoms with Crippen molar-refractivity contribution in [3.63, 3.8) is 0 Å². The zero-order chi connectivity index (χ0) is 18.6. The molecule has 1 atom stereocenters. The number of nitrogens with one attached hydrogen (secondary N) is 1. The van der Waals surface area contributed by atoms with Crippen molar-refractivity contribution in [2.75, 3.05) is 6.61 Å². The fourth-order valence-corrected chi connectivity index (χ4v) is 2.59. The van der Waals surface area contributed by atoms with E-state index < -0.39 is 30.6 Å². The molecule has 25 heavy (non-hydrogen) atoms. The molecule has 0 aromatic heterocycles. The van der Waals surface area contributed by atoms with Crippen LogP contribution in [0.5, 0.6) is 5.75 Å². The highest BCUT2D eigenvalue weighted by Gasteiger charge is 2.42. The van der Waals surface area contributed by atoms with Crippen LogP contribution in [0.15, 0.2) is 11.2 Å². The minimum Gasteiger partial charge on any atom is -0.536 e. The first-order valence-electron chi connectivity index (χ1n) is 7.89. The quantitative estimate of drug-likeness (QED) is 0.480. The summed E-state index contributed by atoms with van der Waals surface area (Å²) in [6.45, 7) is 3.38. The number of hydrogen-bond acceptors (Lipinski definition) is 6. The minimum absolute atomic E-state index is 0.0255. The Bertz CT molecular complexity index is 701. The van der Waals surface area contributed by atoms with Crippen LogP contribution in [-0.2, 0) is 16.0 Å². The summed E-state index contributed by atoms with van der Waals surface area (Å²) < 4.78 is 38.1. The highest BCUT2D eigenvalue weighted by Crippen LogP contribution is 2.35. The highest BCUT2D eigenvalue weighted by atomic mass is 19.2. The molecule has 0 unspecified atom stereocenters. The lowest BCUT2D eigenvalue weighted by Crippen LogP contribution is -2.52. The van der Waals surface area contributed by atoms with Gasteiger partial charge < -0.3 is 14.7 Å². The standard InChI is InChI=1S/C15H17BF2N2O5/c1-3-5-12(21)19-11-7-8-13(18)10(17)6-9(15(22)24-4-2)14(8)25-16(11)20-23/h6,11H,3-5,7H2,1-2H3,(H,19,21)/t11-/m0/s1. The van der Waals surface area contributed by atoms with E-state index in [-0.39, 0.29) is 42.2 Å². The third kappa shape index (κ3) is 3.94. The van der Waals surface area contributed by atoms with Crippen molar-refractivity contribution in [3.05, 3.63) is 33.7 Å². The largest absolute Gasteiger partial charge is 0.570 e. The highest BCUT2D eigenvalue weighted by molar-refractivity contribution is 6.53. The smallest absolute Gasteiger partial charge is 0.536 e. The molecule has 0 radical (unpaired) electrons. The molecule has 0 spiro atoms. The predicted octanol–water partition coefficient (Wildman–Crippen LogP) is 2.16. The summed E-state index contributed by atoms with van der Waals surface area (Å²) in [5.41, 5.74) is -0.576. The van der Waals surface area contributed by atoms with E-state index in [9.17, 15) is 23.3 Å². The van der Waals surface area contributed by atoms with Gasteiger partial charge in [-0.25, -0.2) is 13.6 Å². The number of amides is 1. The fraction of sp³-hybridized carbons (Fsp3) is 0.467. The van der Waals surface area contributed by atoms with Gasteiger partial charge in [0.05, 0.1) is 12.5 Å². The third-order valence-corrected chi connectivity index (χ3v) is 3.69. The Morgan fingerprint density at radius 3 is 2.76 bits per heavy atom. The second-order valence-electron chi connectivity index (χ2n) is 5.49. The van der Waals surface area contributed by atoms with E-state index >= 15 is 0 Å². The molecule has 1 N–H and O–H groups in total. The van der Waals surface area contributed by atoms with Crippen molar-refractivity contribution in [1.29, 1.82) is 0 Å². The molecule has 2 rings (SSSR count). The second-order valence-corrected chi connectivity index (χ2v) is 5.49. The van der Waals surface area contributed by atoms with E-state index in [2.05, 4.69) is 10.4 Å². The van der Waals surface area contributed by atoms with Crippen molar-refractivity contribution < 1.29 is 27.8 Å². The Morgan fingerprint density at radius 2 is 2.16 bits per heavy atom. The topological polar surface area (TPSA) is 94.1 Å². The summed E-state index contributed by atoms with van der Waals surface area (Å²) in [5, 5.41) is 5.30. The van der Waals surface area contributed by atoms with Gasteiger partial charge in [0.1, 0.15) is 11.3 Å². The molecule has 1 aromatic carbocycles. The van der Waals surface area contributed by atoms with Gasteiger partial charge in [-0.2, -0.15) is 4.91 Å². The normalized spacial score (nSPS) is 15.8. The molecular formula is C15H17BF2N2O5. The first-order valence-corrected chi connectivity index (χ1v) is 7.89. The zero-order valence-corrected chi connectivity index (χ0v) is 13.8. The van der Waals surface area contributed by atoms with Crippen LogP contribution in [0.3, 0.4) is 0 Å². The number of fused-ring (bicyclic) bond motifs is 1. The number of carbonyl (C=O) groups excluding carboxylic acids is 2. The molecule has 134 valence electrons. The lowest BCUT2D eigenvalue weighted by Gasteiger charge is -2.29. The number of rotatable bonds is 6. The van der Waals surface area contributed by atoms with E-state index in [1.165, 1.54) is 0 Å². The second kappa shape index (κ2) is 8.04. The summed E-state index contributed by atoms with van der Waals surface area (Å²) >= 11 is 0. The molecule has 0 saturated carbocycles. The van der Waals surface area contributed by atoms with Crippen molar-refractivity contribution in [1.82, 2.24) is 5.32 Å². The predicted molar refractivity (Wildman–Crippen MR) is 85.0 cm³/mol. The van der Waals surface area contributed by atoms with Crippen LogP contribution in [-0.4, -0.2) is 31.5 Å². The number of hydrogen-bond donors (Lipinski definition) is 1. The van der Waals surface area contributed by atoms with Gasteiger partial charge in [0.2, 0.25) is 5.91 Å². The van der Waals surface area contributed by atoms with Crippen LogP contribution in [0, 0.1) is 16.5 Å². The van der Waals surface area contributed by atoms with Gasteiger partial charge in [0.25, 0.3) is 0 Å². The molecule has 0 aliphatic carbocycles. The van der Waals surface area contributed by atoms with Gasteiger partial charge >= 0.3 is 13.0 Å². The summed E-state index contributed by atoms with van der Waals surface area (Å²) in [6, 6.07) is 0.657. The van der Waals surface area contributed by atoms with Gasteiger partial charge in [-0.05, 0) is 25.8 Å². The SMILES string of the molecule is CCCC(=O)N[C@H]1Cc2c(F)c(F)cc(C(=O)OCC)c2OB1N=O. The third-order valence-electron chi connectivity index (χ3n) is 3.69. The molecule has 1 aliphatic heterocycles. The minimum atomic E-state index is -1.37. The maximum atomic E-state index is 14.2. The number of halogens is 2. The molecule has 0 bridgehead atoms. The summed E-state index contributed by atoms with van der Waals surface area (Å²) in [4.78, 5) is 34.8. The Kier molecular flexibility index (Phi) is 6.05. The zero-order valence-electron chi connectivity index (χ0n) is 13.8. The molecule has 0 saturated heterocycles. The molecular weight excluding hydrogens is 337 g/mol. The average molecular weight is 354 g/mol. The van der Waals surface area contributed by atoms with E-state index in [4.69, 9.17) is 9.39 Å². The van der Waals surface area contributed by atoms with Gasteiger partial charge in [-0.1, -0.05) is 12.0 Å². The molecule has 1 aliphatic rings. The van der Waals surface area contributed by atoms with Gasteiger partial charge in [-0.3, -0.25) is 4.79 Å². The van der Waals surface area contributed by atoms with Gasteiger partial charge in [0, 0.05) is 12.0 Å².